The molecule has 21 heavy (non-hydrogen) atoms. The van der Waals surface area contributed by atoms with Crippen LogP contribution in [0.25, 0.3) is 0 Å². The average molecular weight is 317 g/mol. The summed E-state index contributed by atoms with van der Waals surface area (Å²) in [5.41, 5.74) is -0.772. The molecule has 2 N–H and O–H groups in total. The Bertz CT molecular complexity index is 672. The lowest BCUT2D eigenvalue weighted by Gasteiger charge is -2.09. The fourth-order valence-electron chi connectivity index (χ4n) is 1.55. The molecule has 0 aliphatic heterocycles. The van der Waals surface area contributed by atoms with Crippen molar-refractivity contribution in [2.45, 2.75) is 6.18 Å². The molecule has 0 atom stereocenters. The van der Waals surface area contributed by atoms with Crippen LogP contribution in [0.4, 0.5) is 24.7 Å². The van der Waals surface area contributed by atoms with E-state index in [1.807, 2.05) is 0 Å². The molecule has 1 heterocycles. The number of halogens is 4. The van der Waals surface area contributed by atoms with Gasteiger partial charge in [-0.05, 0) is 36.4 Å². The number of carboxylic acids is 1. The van der Waals surface area contributed by atoms with Crippen LogP contribution in [0.15, 0.2) is 36.4 Å². The number of pyridine rings is 1. The molecule has 2 rings (SSSR count). The second kappa shape index (κ2) is 5.61. The fraction of sp³-hybridized carbons (Fsp3) is 0.0769. The summed E-state index contributed by atoms with van der Waals surface area (Å²) in [5, 5.41) is 11.6. The Morgan fingerprint density at radius 2 is 1.76 bits per heavy atom. The van der Waals surface area contributed by atoms with Crippen molar-refractivity contribution in [2.75, 3.05) is 5.32 Å². The number of nitrogens with one attached hydrogen (secondary N) is 1. The van der Waals surface area contributed by atoms with E-state index < -0.39 is 17.7 Å². The molecule has 0 aliphatic carbocycles. The van der Waals surface area contributed by atoms with Crippen LogP contribution >= 0.6 is 11.6 Å². The van der Waals surface area contributed by atoms with Gasteiger partial charge in [-0.25, -0.2) is 9.78 Å². The predicted molar refractivity (Wildman–Crippen MR) is 70.9 cm³/mol. The minimum Gasteiger partial charge on any atom is -0.476 e. The van der Waals surface area contributed by atoms with Gasteiger partial charge in [0.15, 0.2) is 5.69 Å². The van der Waals surface area contributed by atoms with Crippen LogP contribution in [0.3, 0.4) is 0 Å². The van der Waals surface area contributed by atoms with Gasteiger partial charge in [-0.3, -0.25) is 0 Å². The van der Waals surface area contributed by atoms with E-state index in [0.29, 0.717) is 5.69 Å². The van der Waals surface area contributed by atoms with Crippen LogP contribution in [0.1, 0.15) is 16.1 Å². The third kappa shape index (κ3) is 3.63. The summed E-state index contributed by atoms with van der Waals surface area (Å²) >= 11 is 5.67. The normalized spacial score (nSPS) is 11.2. The highest BCUT2D eigenvalue weighted by Gasteiger charge is 2.29. The second-order valence-corrected chi connectivity index (χ2v) is 4.44. The van der Waals surface area contributed by atoms with Crippen molar-refractivity contribution in [1.29, 1.82) is 0 Å². The molecule has 0 aliphatic rings. The molecule has 1 aromatic carbocycles. The summed E-state index contributed by atoms with van der Waals surface area (Å²) in [7, 11) is 0. The zero-order chi connectivity index (χ0) is 15.6. The maximum atomic E-state index is 12.4. The largest absolute Gasteiger partial charge is 0.476 e. The quantitative estimate of drug-likeness (QED) is 0.891. The average Bonchev–Trinajstić information content (AvgIpc) is 2.40. The zero-order valence-corrected chi connectivity index (χ0v) is 11.0. The zero-order valence-electron chi connectivity index (χ0n) is 10.3. The Labute approximate surface area is 122 Å². The Morgan fingerprint density at radius 1 is 1.14 bits per heavy atom. The highest BCUT2D eigenvalue weighted by molar-refractivity contribution is 6.33. The van der Waals surface area contributed by atoms with Gasteiger partial charge in [0.1, 0.15) is 5.82 Å². The highest BCUT2D eigenvalue weighted by Crippen LogP contribution is 2.30. The Hall–Kier alpha value is -2.28. The Kier molecular flexibility index (Phi) is 4.04. The molecule has 8 heteroatoms. The summed E-state index contributed by atoms with van der Waals surface area (Å²) in [6.07, 6.45) is -4.41. The van der Waals surface area contributed by atoms with Gasteiger partial charge in [0.25, 0.3) is 0 Å². The first-order valence-corrected chi connectivity index (χ1v) is 5.99. The monoisotopic (exact) mass is 316 g/mol. The van der Waals surface area contributed by atoms with E-state index in [1.165, 1.54) is 24.3 Å². The van der Waals surface area contributed by atoms with E-state index in [2.05, 4.69) is 10.3 Å². The third-order valence-electron chi connectivity index (χ3n) is 2.53. The van der Waals surface area contributed by atoms with Gasteiger partial charge in [-0.2, -0.15) is 13.2 Å². The summed E-state index contributed by atoms with van der Waals surface area (Å²) in [6, 6.07) is 7.03. The number of aromatic nitrogens is 1. The van der Waals surface area contributed by atoms with Crippen LogP contribution in [-0.2, 0) is 6.18 Å². The van der Waals surface area contributed by atoms with Crippen LogP contribution in [-0.4, -0.2) is 16.1 Å². The van der Waals surface area contributed by atoms with E-state index in [1.54, 1.807) is 0 Å². The van der Waals surface area contributed by atoms with Crippen molar-refractivity contribution in [3.8, 4) is 0 Å². The van der Waals surface area contributed by atoms with Crippen LogP contribution in [0.5, 0.6) is 0 Å². The van der Waals surface area contributed by atoms with Gasteiger partial charge in [0, 0.05) is 5.69 Å². The smallest absolute Gasteiger partial charge is 0.416 e. The number of benzene rings is 1. The SMILES string of the molecule is O=C(O)c1nc(Nc2ccc(C(F)(F)F)cc2)ccc1Cl. The number of alkyl halides is 3. The maximum Gasteiger partial charge on any atom is 0.416 e. The number of nitrogens with zero attached hydrogens (tertiary/aromatic N) is 1. The molecule has 0 radical (unpaired) electrons. The standard InChI is InChI=1S/C13H8ClF3N2O2/c14-9-5-6-10(19-11(9)12(20)21)18-8-3-1-7(2-4-8)13(15,16)17/h1-6H,(H,18,19)(H,20,21). The summed E-state index contributed by atoms with van der Waals surface area (Å²) < 4.78 is 37.3. The predicted octanol–water partition coefficient (Wildman–Crippen LogP) is 4.20. The summed E-state index contributed by atoms with van der Waals surface area (Å²) in [6.45, 7) is 0. The Balaban J connectivity index is 2.22. The number of carbonyl (C=O) groups is 1. The molecule has 0 amide bonds. The van der Waals surface area contributed by atoms with Crippen molar-refractivity contribution in [3.63, 3.8) is 0 Å². The number of rotatable bonds is 3. The summed E-state index contributed by atoms with van der Waals surface area (Å²) in [5.74, 6) is -1.13. The van der Waals surface area contributed by atoms with E-state index >= 15 is 0 Å². The second-order valence-electron chi connectivity index (χ2n) is 4.03. The minimum atomic E-state index is -4.41. The number of anilines is 2. The van der Waals surface area contributed by atoms with E-state index in [-0.39, 0.29) is 16.5 Å². The molecule has 0 bridgehead atoms. The van der Waals surface area contributed by atoms with E-state index in [9.17, 15) is 18.0 Å². The van der Waals surface area contributed by atoms with Gasteiger partial charge in [-0.15, -0.1) is 0 Å². The number of carboxylic acid groups (broad SMARTS) is 1. The van der Waals surface area contributed by atoms with Gasteiger partial charge >= 0.3 is 12.1 Å². The fourth-order valence-corrected chi connectivity index (χ4v) is 1.74. The molecular weight excluding hydrogens is 309 g/mol. The van der Waals surface area contributed by atoms with Gasteiger partial charge < -0.3 is 10.4 Å². The molecule has 0 saturated heterocycles. The topological polar surface area (TPSA) is 62.2 Å². The lowest BCUT2D eigenvalue weighted by atomic mass is 10.2. The molecule has 2 aromatic rings. The molecular formula is C13H8ClF3N2O2. The first-order chi connectivity index (χ1) is 9.77. The lowest BCUT2D eigenvalue weighted by Crippen LogP contribution is -2.05. The molecule has 0 spiro atoms. The Morgan fingerprint density at radius 3 is 2.29 bits per heavy atom. The van der Waals surface area contributed by atoms with Crippen LogP contribution in [0.2, 0.25) is 5.02 Å². The van der Waals surface area contributed by atoms with Crippen LogP contribution in [0, 0.1) is 0 Å². The molecule has 110 valence electrons. The molecule has 1 aromatic heterocycles. The van der Waals surface area contributed by atoms with Crippen molar-refractivity contribution in [2.24, 2.45) is 0 Å². The summed E-state index contributed by atoms with van der Waals surface area (Å²) in [4.78, 5) is 14.7. The third-order valence-corrected chi connectivity index (χ3v) is 2.84. The molecule has 0 unspecified atom stereocenters. The number of hydrogen-bond donors (Lipinski definition) is 2. The highest BCUT2D eigenvalue weighted by atomic mass is 35.5. The van der Waals surface area contributed by atoms with Gasteiger partial charge in [0.05, 0.1) is 10.6 Å². The minimum absolute atomic E-state index is 0.0273. The maximum absolute atomic E-state index is 12.4. The van der Waals surface area contributed by atoms with Crippen molar-refractivity contribution in [1.82, 2.24) is 4.98 Å². The van der Waals surface area contributed by atoms with E-state index in [4.69, 9.17) is 16.7 Å². The van der Waals surface area contributed by atoms with Gasteiger partial charge in [-0.1, -0.05) is 11.6 Å². The first-order valence-electron chi connectivity index (χ1n) is 5.61. The lowest BCUT2D eigenvalue weighted by molar-refractivity contribution is -0.137. The van der Waals surface area contributed by atoms with Crippen molar-refractivity contribution >= 4 is 29.1 Å². The van der Waals surface area contributed by atoms with E-state index in [0.717, 1.165) is 12.1 Å². The van der Waals surface area contributed by atoms with Crippen molar-refractivity contribution in [3.05, 3.63) is 52.7 Å². The van der Waals surface area contributed by atoms with Gasteiger partial charge in [0.2, 0.25) is 0 Å². The first kappa shape index (κ1) is 15.1. The molecule has 0 saturated carbocycles. The number of aromatic carboxylic acids is 1. The van der Waals surface area contributed by atoms with Crippen LogP contribution < -0.4 is 5.32 Å². The number of hydrogen-bond acceptors (Lipinski definition) is 3. The molecule has 4 nitrogen and oxygen atoms in total. The molecule has 0 fully saturated rings. The van der Waals surface area contributed by atoms with Crippen molar-refractivity contribution < 1.29 is 23.1 Å².